The lowest BCUT2D eigenvalue weighted by Crippen LogP contribution is -2.64. The number of carbonyl (C=O) groups is 3. The monoisotopic (exact) mass is 292 g/mol. The molecule has 5 heteroatoms. The van der Waals surface area contributed by atoms with Gasteiger partial charge in [-0.05, 0) is 32.1 Å². The summed E-state index contributed by atoms with van der Waals surface area (Å²) < 4.78 is 0. The topological polar surface area (TPSA) is 57.7 Å². The van der Waals surface area contributed by atoms with E-state index in [1.807, 2.05) is 13.8 Å². The van der Waals surface area contributed by atoms with Crippen molar-refractivity contribution in [3.63, 3.8) is 0 Å². The van der Waals surface area contributed by atoms with Gasteiger partial charge in [-0.25, -0.2) is 0 Å². The van der Waals surface area contributed by atoms with Gasteiger partial charge in [0.15, 0.2) is 0 Å². The zero-order chi connectivity index (χ0) is 15.1. The first-order valence-corrected chi connectivity index (χ1v) is 8.18. The summed E-state index contributed by atoms with van der Waals surface area (Å²) in [4.78, 5) is 40.2. The van der Waals surface area contributed by atoms with E-state index in [4.69, 9.17) is 0 Å². The minimum Gasteiger partial charge on any atom is -0.338 e. The van der Waals surface area contributed by atoms with Crippen LogP contribution in [0, 0.1) is 17.8 Å². The zero-order valence-corrected chi connectivity index (χ0v) is 12.9. The third kappa shape index (κ3) is 2.83. The molecule has 1 atom stereocenters. The Morgan fingerprint density at radius 2 is 1.52 bits per heavy atom. The first-order chi connectivity index (χ1) is 10.0. The Kier molecular flexibility index (Phi) is 3.76. The van der Waals surface area contributed by atoms with Crippen LogP contribution in [0.4, 0.5) is 0 Å². The average Bonchev–Trinajstić information content (AvgIpc) is 3.30. The molecule has 116 valence electrons. The van der Waals surface area contributed by atoms with Gasteiger partial charge in [0.2, 0.25) is 17.7 Å². The van der Waals surface area contributed by atoms with Crippen molar-refractivity contribution in [2.24, 2.45) is 17.8 Å². The van der Waals surface area contributed by atoms with Crippen LogP contribution in [0.5, 0.6) is 0 Å². The van der Waals surface area contributed by atoms with Crippen molar-refractivity contribution in [2.75, 3.05) is 13.1 Å². The van der Waals surface area contributed by atoms with Gasteiger partial charge in [-0.3, -0.25) is 19.3 Å². The number of carbonyl (C=O) groups excluding carboxylic acids is 3. The summed E-state index contributed by atoms with van der Waals surface area (Å²) in [5, 5.41) is 0. The molecule has 2 saturated carbocycles. The van der Waals surface area contributed by atoms with E-state index in [0.29, 0.717) is 13.1 Å². The minimum atomic E-state index is -0.0841. The van der Waals surface area contributed by atoms with Crippen molar-refractivity contribution in [1.82, 2.24) is 9.80 Å². The van der Waals surface area contributed by atoms with E-state index in [0.717, 1.165) is 32.1 Å². The van der Waals surface area contributed by atoms with E-state index in [1.54, 1.807) is 4.90 Å². The van der Waals surface area contributed by atoms with Gasteiger partial charge in [0.05, 0.1) is 6.04 Å². The Morgan fingerprint density at radius 1 is 1.05 bits per heavy atom. The van der Waals surface area contributed by atoms with Crippen LogP contribution < -0.4 is 0 Å². The molecule has 0 aromatic rings. The lowest BCUT2D eigenvalue weighted by molar-refractivity contribution is -0.159. The molecule has 0 spiro atoms. The molecule has 3 rings (SSSR count). The minimum absolute atomic E-state index is 0.00698. The average molecular weight is 292 g/mol. The van der Waals surface area contributed by atoms with Crippen LogP contribution in [0.2, 0.25) is 0 Å². The number of nitrogens with zero attached hydrogens (tertiary/aromatic N) is 2. The molecule has 1 heterocycles. The summed E-state index contributed by atoms with van der Waals surface area (Å²) in [6.07, 6.45) is 4.47. The number of imide groups is 1. The van der Waals surface area contributed by atoms with E-state index >= 15 is 0 Å². The van der Waals surface area contributed by atoms with Crippen LogP contribution in [0.15, 0.2) is 0 Å². The van der Waals surface area contributed by atoms with Gasteiger partial charge >= 0.3 is 0 Å². The molecule has 0 N–H and O–H groups in total. The molecular formula is C16H24N2O3. The molecule has 3 aliphatic rings. The molecular weight excluding hydrogens is 268 g/mol. The molecule has 0 bridgehead atoms. The van der Waals surface area contributed by atoms with Crippen molar-refractivity contribution in [3.8, 4) is 0 Å². The Labute approximate surface area is 125 Å². The van der Waals surface area contributed by atoms with Crippen LogP contribution >= 0.6 is 0 Å². The van der Waals surface area contributed by atoms with Gasteiger partial charge < -0.3 is 4.90 Å². The van der Waals surface area contributed by atoms with Crippen LogP contribution in [-0.2, 0) is 14.4 Å². The first kappa shape index (κ1) is 14.5. The smallest absolute Gasteiger partial charge is 0.232 e. The molecule has 0 aromatic carbocycles. The molecule has 1 aliphatic heterocycles. The van der Waals surface area contributed by atoms with E-state index in [9.17, 15) is 14.4 Å². The van der Waals surface area contributed by atoms with Crippen LogP contribution in [-0.4, -0.2) is 46.7 Å². The molecule has 3 fully saturated rings. The third-order valence-electron chi connectivity index (χ3n) is 4.90. The van der Waals surface area contributed by atoms with Gasteiger partial charge in [-0.2, -0.15) is 0 Å². The maximum Gasteiger partial charge on any atom is 0.232 e. The quantitative estimate of drug-likeness (QED) is 0.720. The Balaban J connectivity index is 1.61. The molecule has 1 saturated heterocycles. The number of likely N-dealkylation sites (tertiary alicyclic amines) is 1. The zero-order valence-electron chi connectivity index (χ0n) is 12.9. The second-order valence-electron chi connectivity index (χ2n) is 6.80. The Morgan fingerprint density at radius 3 is 1.90 bits per heavy atom. The lowest BCUT2D eigenvalue weighted by Gasteiger charge is -2.45. The van der Waals surface area contributed by atoms with Crippen molar-refractivity contribution in [2.45, 2.75) is 52.0 Å². The predicted molar refractivity (Wildman–Crippen MR) is 77.1 cm³/mol. The van der Waals surface area contributed by atoms with Crippen molar-refractivity contribution < 1.29 is 14.4 Å². The van der Waals surface area contributed by atoms with Crippen LogP contribution in [0.1, 0.15) is 46.0 Å². The maximum absolute atomic E-state index is 12.4. The largest absolute Gasteiger partial charge is 0.338 e. The second kappa shape index (κ2) is 5.43. The number of rotatable bonds is 5. The molecule has 1 unspecified atom stereocenters. The third-order valence-corrected chi connectivity index (χ3v) is 4.90. The van der Waals surface area contributed by atoms with Crippen molar-refractivity contribution in [1.29, 1.82) is 0 Å². The molecule has 0 radical (unpaired) electrons. The predicted octanol–water partition coefficient (Wildman–Crippen LogP) is 1.42. The number of amides is 3. The van der Waals surface area contributed by atoms with Gasteiger partial charge in [0.1, 0.15) is 0 Å². The standard InChI is InChI=1S/C16H24N2O3/c1-3-10(2)14(19)17-8-13(9-17)18(15(20)11-4-5-11)16(21)12-6-7-12/h10-13H,3-9H2,1-2H3. The molecule has 0 aromatic heterocycles. The first-order valence-electron chi connectivity index (χ1n) is 8.18. The number of hydrogen-bond donors (Lipinski definition) is 0. The highest BCUT2D eigenvalue weighted by molar-refractivity contribution is 5.99. The summed E-state index contributed by atoms with van der Waals surface area (Å²) in [7, 11) is 0. The van der Waals surface area contributed by atoms with Crippen molar-refractivity contribution in [3.05, 3.63) is 0 Å². The Bertz CT molecular complexity index is 438. The molecule has 21 heavy (non-hydrogen) atoms. The molecule has 3 amide bonds. The fourth-order valence-corrected chi connectivity index (χ4v) is 2.81. The maximum atomic E-state index is 12.4. The lowest BCUT2D eigenvalue weighted by atomic mass is 10.0. The van der Waals surface area contributed by atoms with E-state index in [1.165, 1.54) is 4.90 Å². The fourth-order valence-electron chi connectivity index (χ4n) is 2.81. The van der Waals surface area contributed by atoms with Gasteiger partial charge in [0, 0.05) is 30.8 Å². The van der Waals surface area contributed by atoms with Crippen molar-refractivity contribution >= 4 is 17.7 Å². The summed E-state index contributed by atoms with van der Waals surface area (Å²) in [6, 6.07) is -0.0841. The molecule has 5 nitrogen and oxygen atoms in total. The van der Waals surface area contributed by atoms with Crippen LogP contribution in [0.3, 0.4) is 0 Å². The van der Waals surface area contributed by atoms with E-state index in [-0.39, 0.29) is 41.5 Å². The fraction of sp³-hybridized carbons (Fsp3) is 0.812. The number of hydrogen-bond acceptors (Lipinski definition) is 3. The van der Waals surface area contributed by atoms with Gasteiger partial charge in [-0.15, -0.1) is 0 Å². The summed E-state index contributed by atoms with van der Waals surface area (Å²) >= 11 is 0. The van der Waals surface area contributed by atoms with Gasteiger partial charge in [-0.1, -0.05) is 13.8 Å². The van der Waals surface area contributed by atoms with E-state index < -0.39 is 0 Å². The highest BCUT2D eigenvalue weighted by atomic mass is 16.2. The SMILES string of the molecule is CCC(C)C(=O)N1CC(N(C(=O)C2CC2)C(=O)C2CC2)C1. The normalized spacial score (nSPS) is 23.4. The molecule has 2 aliphatic carbocycles. The van der Waals surface area contributed by atoms with E-state index in [2.05, 4.69) is 0 Å². The highest BCUT2D eigenvalue weighted by Crippen LogP contribution is 2.37. The summed E-state index contributed by atoms with van der Waals surface area (Å²) in [5.41, 5.74) is 0. The second-order valence-corrected chi connectivity index (χ2v) is 6.80. The van der Waals surface area contributed by atoms with Crippen LogP contribution in [0.25, 0.3) is 0 Å². The highest BCUT2D eigenvalue weighted by Gasteiger charge is 2.48. The summed E-state index contributed by atoms with van der Waals surface area (Å²) in [5.74, 6) is 0.309. The van der Waals surface area contributed by atoms with Gasteiger partial charge in [0.25, 0.3) is 0 Å². The summed E-state index contributed by atoms with van der Waals surface area (Å²) in [6.45, 7) is 4.98. The Hall–Kier alpha value is -1.39.